The third-order valence-electron chi connectivity index (χ3n) is 4.29. The largest absolute Gasteiger partial charge is 0.345 e. The van der Waals surface area contributed by atoms with Crippen molar-refractivity contribution in [1.82, 2.24) is 9.88 Å². The van der Waals surface area contributed by atoms with Gasteiger partial charge in [0.1, 0.15) is 5.82 Å². The smallest absolute Gasteiger partial charge is 0.319 e. The third-order valence-corrected chi connectivity index (χ3v) is 4.29. The lowest BCUT2D eigenvalue weighted by atomic mass is 10.1. The number of carbonyl (C=O) groups excluding carboxylic acids is 1. The zero-order valence-electron chi connectivity index (χ0n) is 14.9. The van der Waals surface area contributed by atoms with Gasteiger partial charge in [-0.05, 0) is 49.2 Å². The molecule has 1 heterocycles. The average molecular weight is 351 g/mol. The molecule has 0 bridgehead atoms. The highest BCUT2D eigenvalue weighted by atomic mass is 19.1. The summed E-state index contributed by atoms with van der Waals surface area (Å²) in [5.41, 5.74) is 4.41. The fourth-order valence-corrected chi connectivity index (χ4v) is 2.78. The first-order valence-corrected chi connectivity index (χ1v) is 8.52. The van der Waals surface area contributed by atoms with Crippen LogP contribution in [0.2, 0.25) is 0 Å². The lowest BCUT2D eigenvalue weighted by Crippen LogP contribution is -2.29. The van der Waals surface area contributed by atoms with Crippen molar-refractivity contribution in [3.8, 4) is 0 Å². The van der Waals surface area contributed by atoms with Gasteiger partial charge in [0.2, 0.25) is 0 Å². The number of nitrogens with one attached hydrogen (secondary N) is 2. The standard InChI is InChI=1S/C21H22FN3O/c1-15-9-10-16(2)20(12-15)24-21(26)23-13-18-7-5-11-25(18)14-17-6-3-4-8-19(17)22/h3-12H,13-14H2,1-2H3,(H2,23,24,26). The monoisotopic (exact) mass is 351 g/mol. The van der Waals surface area contributed by atoms with Crippen LogP contribution in [0.3, 0.4) is 0 Å². The Hall–Kier alpha value is -3.08. The van der Waals surface area contributed by atoms with Crippen molar-refractivity contribution in [1.29, 1.82) is 0 Å². The van der Waals surface area contributed by atoms with E-state index in [2.05, 4.69) is 10.6 Å². The van der Waals surface area contributed by atoms with Crippen molar-refractivity contribution in [3.63, 3.8) is 0 Å². The van der Waals surface area contributed by atoms with Gasteiger partial charge in [-0.3, -0.25) is 0 Å². The number of carbonyl (C=O) groups is 1. The Morgan fingerprint density at radius 2 is 1.88 bits per heavy atom. The van der Waals surface area contributed by atoms with E-state index >= 15 is 0 Å². The molecule has 0 aliphatic carbocycles. The van der Waals surface area contributed by atoms with Crippen molar-refractivity contribution < 1.29 is 9.18 Å². The van der Waals surface area contributed by atoms with E-state index in [-0.39, 0.29) is 11.8 Å². The predicted molar refractivity (Wildman–Crippen MR) is 102 cm³/mol. The van der Waals surface area contributed by atoms with Crippen molar-refractivity contribution in [2.75, 3.05) is 5.32 Å². The van der Waals surface area contributed by atoms with E-state index in [9.17, 15) is 9.18 Å². The Morgan fingerprint density at radius 1 is 1.08 bits per heavy atom. The van der Waals surface area contributed by atoms with Crippen LogP contribution in [0.25, 0.3) is 0 Å². The highest BCUT2D eigenvalue weighted by Crippen LogP contribution is 2.16. The Bertz CT molecular complexity index is 917. The fraction of sp³-hybridized carbons (Fsp3) is 0.190. The topological polar surface area (TPSA) is 46.1 Å². The number of halogens is 1. The zero-order chi connectivity index (χ0) is 18.5. The van der Waals surface area contributed by atoms with E-state index in [1.165, 1.54) is 6.07 Å². The Morgan fingerprint density at radius 3 is 2.69 bits per heavy atom. The van der Waals surface area contributed by atoms with Crippen molar-refractivity contribution >= 4 is 11.7 Å². The van der Waals surface area contributed by atoms with Gasteiger partial charge in [-0.2, -0.15) is 0 Å². The molecule has 5 heteroatoms. The van der Waals surface area contributed by atoms with Gasteiger partial charge in [-0.25, -0.2) is 9.18 Å². The van der Waals surface area contributed by atoms with Crippen LogP contribution in [0, 0.1) is 19.7 Å². The van der Waals surface area contributed by atoms with E-state index < -0.39 is 0 Å². The van der Waals surface area contributed by atoms with Crippen LogP contribution in [-0.4, -0.2) is 10.6 Å². The van der Waals surface area contributed by atoms with Gasteiger partial charge in [0.05, 0.1) is 13.1 Å². The minimum Gasteiger partial charge on any atom is -0.345 e. The molecule has 3 aromatic rings. The minimum absolute atomic E-state index is 0.229. The van der Waals surface area contributed by atoms with Crippen molar-refractivity contribution in [2.24, 2.45) is 0 Å². The molecular weight excluding hydrogens is 329 g/mol. The first kappa shape index (κ1) is 17.7. The first-order chi connectivity index (χ1) is 12.5. The maximum atomic E-state index is 13.8. The van der Waals surface area contributed by atoms with Crippen LogP contribution in [0.15, 0.2) is 60.8 Å². The molecule has 26 heavy (non-hydrogen) atoms. The van der Waals surface area contributed by atoms with Crippen LogP contribution >= 0.6 is 0 Å². The number of aromatic nitrogens is 1. The number of urea groups is 1. The molecule has 0 saturated heterocycles. The normalized spacial score (nSPS) is 10.6. The molecule has 4 nitrogen and oxygen atoms in total. The highest BCUT2D eigenvalue weighted by molar-refractivity contribution is 5.90. The molecule has 1 aromatic heterocycles. The second-order valence-corrected chi connectivity index (χ2v) is 6.34. The molecule has 0 radical (unpaired) electrons. The Labute approximate surface area is 152 Å². The minimum atomic E-state index is -0.266. The van der Waals surface area contributed by atoms with Gasteiger partial charge >= 0.3 is 6.03 Å². The van der Waals surface area contributed by atoms with Gasteiger partial charge < -0.3 is 15.2 Å². The number of hydrogen-bond donors (Lipinski definition) is 2. The van der Waals surface area contributed by atoms with Crippen LogP contribution in [0.5, 0.6) is 0 Å². The van der Waals surface area contributed by atoms with Crippen molar-refractivity contribution in [2.45, 2.75) is 26.9 Å². The predicted octanol–water partition coefficient (Wildman–Crippen LogP) is 4.61. The molecule has 134 valence electrons. The number of rotatable bonds is 5. The van der Waals surface area contributed by atoms with Gasteiger partial charge in [-0.15, -0.1) is 0 Å². The maximum Gasteiger partial charge on any atom is 0.319 e. The van der Waals surface area contributed by atoms with E-state index in [1.807, 2.05) is 61.0 Å². The molecule has 0 atom stereocenters. The van der Waals surface area contributed by atoms with E-state index in [4.69, 9.17) is 0 Å². The summed E-state index contributed by atoms with van der Waals surface area (Å²) in [5.74, 6) is -0.229. The zero-order valence-corrected chi connectivity index (χ0v) is 14.9. The number of hydrogen-bond acceptors (Lipinski definition) is 1. The summed E-state index contributed by atoms with van der Waals surface area (Å²) in [6, 6.07) is 16.2. The fourth-order valence-electron chi connectivity index (χ4n) is 2.78. The number of anilines is 1. The number of benzene rings is 2. The summed E-state index contributed by atoms with van der Waals surface area (Å²) >= 11 is 0. The van der Waals surface area contributed by atoms with Crippen LogP contribution in [0.1, 0.15) is 22.4 Å². The third kappa shape index (κ3) is 4.30. The summed E-state index contributed by atoms with van der Waals surface area (Å²) in [6.45, 7) is 4.72. The van der Waals surface area contributed by atoms with Gasteiger partial charge in [0, 0.05) is 23.1 Å². The molecule has 0 aliphatic heterocycles. The van der Waals surface area contributed by atoms with Crippen LogP contribution in [-0.2, 0) is 13.1 Å². The summed E-state index contributed by atoms with van der Waals surface area (Å²) < 4.78 is 15.8. The molecule has 0 fully saturated rings. The average Bonchev–Trinajstić information content (AvgIpc) is 3.05. The molecular formula is C21H22FN3O. The summed E-state index contributed by atoms with van der Waals surface area (Å²) in [6.07, 6.45) is 1.88. The molecule has 0 saturated carbocycles. The second-order valence-electron chi connectivity index (χ2n) is 6.34. The molecule has 2 amide bonds. The second kappa shape index (κ2) is 7.87. The SMILES string of the molecule is Cc1ccc(C)c(NC(=O)NCc2cccn2Cc2ccccc2F)c1. The number of aryl methyl sites for hydroxylation is 2. The summed E-state index contributed by atoms with van der Waals surface area (Å²) in [4.78, 5) is 12.2. The Kier molecular flexibility index (Phi) is 5.37. The molecule has 2 N–H and O–H groups in total. The van der Waals surface area contributed by atoms with Gasteiger partial charge in [0.15, 0.2) is 0 Å². The van der Waals surface area contributed by atoms with Crippen LogP contribution in [0.4, 0.5) is 14.9 Å². The molecule has 2 aromatic carbocycles. The number of nitrogens with zero attached hydrogens (tertiary/aromatic N) is 1. The lowest BCUT2D eigenvalue weighted by molar-refractivity contribution is 0.251. The molecule has 0 spiro atoms. The van der Waals surface area contributed by atoms with Gasteiger partial charge in [-0.1, -0.05) is 30.3 Å². The van der Waals surface area contributed by atoms with Crippen molar-refractivity contribution in [3.05, 3.63) is 89.0 Å². The van der Waals surface area contributed by atoms with E-state index in [0.29, 0.717) is 18.7 Å². The molecule has 0 aliphatic rings. The molecule has 3 rings (SSSR count). The quantitative estimate of drug-likeness (QED) is 0.692. The molecule has 0 unspecified atom stereocenters. The van der Waals surface area contributed by atoms with Crippen LogP contribution < -0.4 is 10.6 Å². The summed E-state index contributed by atoms with van der Waals surface area (Å²) in [5, 5.41) is 5.73. The van der Waals surface area contributed by atoms with Gasteiger partial charge in [0.25, 0.3) is 0 Å². The Balaban J connectivity index is 1.62. The van der Waals surface area contributed by atoms with E-state index in [1.54, 1.807) is 12.1 Å². The maximum absolute atomic E-state index is 13.8. The first-order valence-electron chi connectivity index (χ1n) is 8.52. The van der Waals surface area contributed by atoms with E-state index in [0.717, 1.165) is 22.5 Å². The lowest BCUT2D eigenvalue weighted by Gasteiger charge is -2.13. The highest BCUT2D eigenvalue weighted by Gasteiger charge is 2.08. The number of amides is 2. The summed E-state index contributed by atoms with van der Waals surface area (Å²) in [7, 11) is 0.